The van der Waals surface area contributed by atoms with Crippen molar-refractivity contribution in [2.45, 2.75) is 24.9 Å². The molecule has 1 aromatic rings. The van der Waals surface area contributed by atoms with E-state index in [-0.39, 0.29) is 0 Å². The third-order valence-electron chi connectivity index (χ3n) is 2.73. The van der Waals surface area contributed by atoms with Crippen LogP contribution in [0.25, 0.3) is 0 Å². The van der Waals surface area contributed by atoms with E-state index in [1.165, 1.54) is 12.8 Å². The number of nitrogens with one attached hydrogen (secondary N) is 2. The van der Waals surface area contributed by atoms with E-state index in [1.807, 2.05) is 12.4 Å². The van der Waals surface area contributed by atoms with Gasteiger partial charge in [-0.3, -0.25) is 0 Å². The standard InChI is InChI=1S/C8H11N3/c1-2-10-8(9-1)7-4-5-3-6(5)11-7/h1-2,5-7,11H,3-4H2,(H,9,10)/t5-,6-,7?/m1/s1. The van der Waals surface area contributed by atoms with Gasteiger partial charge in [0.05, 0.1) is 6.04 Å². The van der Waals surface area contributed by atoms with Crippen molar-refractivity contribution < 1.29 is 0 Å². The summed E-state index contributed by atoms with van der Waals surface area (Å²) in [4.78, 5) is 7.38. The van der Waals surface area contributed by atoms with Gasteiger partial charge in [-0.15, -0.1) is 0 Å². The molecule has 0 aromatic carbocycles. The minimum Gasteiger partial charge on any atom is -0.347 e. The van der Waals surface area contributed by atoms with Gasteiger partial charge in [0.15, 0.2) is 0 Å². The highest BCUT2D eigenvalue weighted by molar-refractivity contribution is 5.09. The number of H-pyrrole nitrogens is 1. The van der Waals surface area contributed by atoms with Crippen LogP contribution in [-0.4, -0.2) is 16.0 Å². The average molecular weight is 149 g/mol. The lowest BCUT2D eigenvalue weighted by molar-refractivity contribution is 0.543. The molecule has 1 unspecified atom stereocenters. The lowest BCUT2D eigenvalue weighted by atomic mass is 10.2. The van der Waals surface area contributed by atoms with Crippen molar-refractivity contribution in [1.82, 2.24) is 15.3 Å². The minimum atomic E-state index is 0.508. The molecule has 1 aliphatic heterocycles. The van der Waals surface area contributed by atoms with Gasteiger partial charge >= 0.3 is 0 Å². The molecule has 0 amide bonds. The van der Waals surface area contributed by atoms with Crippen molar-refractivity contribution in [3.05, 3.63) is 18.2 Å². The van der Waals surface area contributed by atoms with Gasteiger partial charge in [0, 0.05) is 18.4 Å². The number of hydrogen-bond acceptors (Lipinski definition) is 2. The summed E-state index contributed by atoms with van der Waals surface area (Å²) in [6.07, 6.45) is 6.37. The topological polar surface area (TPSA) is 40.7 Å². The summed E-state index contributed by atoms with van der Waals surface area (Å²) in [6, 6.07) is 1.32. The summed E-state index contributed by atoms with van der Waals surface area (Å²) in [6.45, 7) is 0. The van der Waals surface area contributed by atoms with Crippen molar-refractivity contribution in [1.29, 1.82) is 0 Å². The van der Waals surface area contributed by atoms with Crippen LogP contribution >= 0.6 is 0 Å². The van der Waals surface area contributed by atoms with Crippen LogP contribution in [-0.2, 0) is 0 Å². The summed E-state index contributed by atoms with van der Waals surface area (Å²) in [7, 11) is 0. The molecule has 0 bridgehead atoms. The van der Waals surface area contributed by atoms with Crippen LogP contribution < -0.4 is 5.32 Å². The molecule has 1 aromatic heterocycles. The summed E-state index contributed by atoms with van der Waals surface area (Å²) in [5.74, 6) is 2.06. The van der Waals surface area contributed by atoms with E-state index in [1.54, 1.807) is 0 Å². The van der Waals surface area contributed by atoms with E-state index in [9.17, 15) is 0 Å². The summed E-state index contributed by atoms with van der Waals surface area (Å²) < 4.78 is 0. The first kappa shape index (κ1) is 5.77. The molecule has 3 nitrogen and oxygen atoms in total. The van der Waals surface area contributed by atoms with Crippen LogP contribution in [0.4, 0.5) is 0 Å². The molecule has 1 aliphatic carbocycles. The zero-order valence-electron chi connectivity index (χ0n) is 6.25. The Morgan fingerprint density at radius 3 is 3.09 bits per heavy atom. The Bertz CT molecular complexity index is 244. The fourth-order valence-electron chi connectivity index (χ4n) is 2.00. The smallest absolute Gasteiger partial charge is 0.123 e. The molecule has 1 saturated carbocycles. The number of aromatic nitrogens is 2. The molecule has 11 heavy (non-hydrogen) atoms. The normalized spacial score (nSPS) is 40.5. The molecule has 2 heterocycles. The third-order valence-corrected chi connectivity index (χ3v) is 2.73. The van der Waals surface area contributed by atoms with E-state index in [0.717, 1.165) is 17.8 Å². The maximum Gasteiger partial charge on any atom is 0.123 e. The average Bonchev–Trinajstić information content (AvgIpc) is 2.60. The maximum atomic E-state index is 4.24. The highest BCUT2D eigenvalue weighted by atomic mass is 15.1. The van der Waals surface area contributed by atoms with E-state index in [2.05, 4.69) is 15.3 Å². The number of rotatable bonds is 1. The van der Waals surface area contributed by atoms with Crippen molar-refractivity contribution in [2.24, 2.45) is 5.92 Å². The predicted molar refractivity (Wildman–Crippen MR) is 41.0 cm³/mol. The molecular weight excluding hydrogens is 138 g/mol. The molecule has 0 radical (unpaired) electrons. The first-order valence-electron chi connectivity index (χ1n) is 4.19. The van der Waals surface area contributed by atoms with Crippen molar-refractivity contribution in [3.63, 3.8) is 0 Å². The third kappa shape index (κ3) is 0.807. The molecule has 3 atom stereocenters. The number of nitrogens with zero attached hydrogens (tertiary/aromatic N) is 1. The number of imidazole rings is 1. The monoisotopic (exact) mass is 149 g/mol. The second-order valence-electron chi connectivity index (χ2n) is 3.53. The van der Waals surface area contributed by atoms with Gasteiger partial charge in [-0.2, -0.15) is 0 Å². The zero-order chi connectivity index (χ0) is 7.26. The Kier molecular flexibility index (Phi) is 0.973. The lowest BCUT2D eigenvalue weighted by Gasteiger charge is -2.08. The molecule has 58 valence electrons. The minimum absolute atomic E-state index is 0.508. The Hall–Kier alpha value is -0.830. The zero-order valence-corrected chi connectivity index (χ0v) is 6.25. The SMILES string of the molecule is c1c[nH]c(C2C[C@H]3C[C@H]3N2)n1. The fraction of sp³-hybridized carbons (Fsp3) is 0.625. The second kappa shape index (κ2) is 1.85. The van der Waals surface area contributed by atoms with Gasteiger partial charge in [-0.25, -0.2) is 4.98 Å². The molecule has 2 N–H and O–H groups in total. The van der Waals surface area contributed by atoms with E-state index in [4.69, 9.17) is 0 Å². The lowest BCUT2D eigenvalue weighted by Crippen LogP contribution is -2.18. The van der Waals surface area contributed by atoms with E-state index >= 15 is 0 Å². The molecule has 0 spiro atoms. The molecule has 3 heteroatoms. The quantitative estimate of drug-likeness (QED) is 0.621. The van der Waals surface area contributed by atoms with Gasteiger partial charge in [-0.05, 0) is 18.8 Å². The van der Waals surface area contributed by atoms with E-state index < -0.39 is 0 Å². The Morgan fingerprint density at radius 2 is 2.45 bits per heavy atom. The Labute approximate surface area is 65.2 Å². The first-order chi connectivity index (χ1) is 5.43. The molecular formula is C8H11N3. The van der Waals surface area contributed by atoms with Crippen molar-refractivity contribution in [2.75, 3.05) is 0 Å². The highest BCUT2D eigenvalue weighted by Crippen LogP contribution is 2.45. The van der Waals surface area contributed by atoms with Gasteiger partial charge in [0.1, 0.15) is 5.82 Å². The number of hydrogen-bond donors (Lipinski definition) is 2. The van der Waals surface area contributed by atoms with Crippen LogP contribution in [0.15, 0.2) is 12.4 Å². The largest absolute Gasteiger partial charge is 0.347 e. The van der Waals surface area contributed by atoms with Gasteiger partial charge in [-0.1, -0.05) is 0 Å². The molecule has 2 fully saturated rings. The predicted octanol–water partition coefficient (Wildman–Crippen LogP) is 0.833. The maximum absolute atomic E-state index is 4.24. The van der Waals surface area contributed by atoms with Crippen LogP contribution in [0, 0.1) is 5.92 Å². The van der Waals surface area contributed by atoms with Crippen LogP contribution in [0.3, 0.4) is 0 Å². The highest BCUT2D eigenvalue weighted by Gasteiger charge is 2.46. The Morgan fingerprint density at radius 1 is 1.45 bits per heavy atom. The van der Waals surface area contributed by atoms with Gasteiger partial charge in [0.25, 0.3) is 0 Å². The van der Waals surface area contributed by atoms with Crippen LogP contribution in [0.1, 0.15) is 24.7 Å². The van der Waals surface area contributed by atoms with E-state index in [0.29, 0.717) is 6.04 Å². The number of piperidine rings is 1. The molecule has 2 aliphatic rings. The van der Waals surface area contributed by atoms with Crippen molar-refractivity contribution in [3.8, 4) is 0 Å². The summed E-state index contributed by atoms with van der Waals surface area (Å²) in [5.41, 5.74) is 0. The summed E-state index contributed by atoms with van der Waals surface area (Å²) >= 11 is 0. The second-order valence-corrected chi connectivity index (χ2v) is 3.53. The van der Waals surface area contributed by atoms with Crippen LogP contribution in [0.5, 0.6) is 0 Å². The van der Waals surface area contributed by atoms with Gasteiger partial charge < -0.3 is 10.3 Å². The number of fused-ring (bicyclic) bond motifs is 1. The summed E-state index contributed by atoms with van der Waals surface area (Å²) in [5, 5.41) is 3.54. The van der Waals surface area contributed by atoms with Crippen molar-refractivity contribution >= 4 is 0 Å². The number of aromatic amines is 1. The first-order valence-corrected chi connectivity index (χ1v) is 4.19. The fourth-order valence-corrected chi connectivity index (χ4v) is 2.00. The Balaban J connectivity index is 1.81. The molecule has 1 saturated heterocycles. The molecule has 3 rings (SSSR count). The van der Waals surface area contributed by atoms with Gasteiger partial charge in [0.2, 0.25) is 0 Å². The van der Waals surface area contributed by atoms with Crippen LogP contribution in [0.2, 0.25) is 0 Å².